The smallest absolute Gasteiger partial charge is 0.225 e. The number of carbonyl (C=O) groups excluding carboxylic acids is 1. The molecule has 0 aliphatic carbocycles. The Morgan fingerprint density at radius 1 is 0.793 bits per heavy atom. The Balaban J connectivity index is 2.16. The molecule has 0 radical (unpaired) electrons. The average Bonchev–Trinajstić information content (AvgIpc) is 2.74. The molecule has 3 rings (SSSR count). The van der Waals surface area contributed by atoms with E-state index >= 15 is 0 Å². The van der Waals surface area contributed by atoms with Crippen molar-refractivity contribution in [2.45, 2.75) is 25.8 Å². The summed E-state index contributed by atoms with van der Waals surface area (Å²) in [5.41, 5.74) is -0.451. The molecule has 1 N–H and O–H groups in total. The van der Waals surface area contributed by atoms with Crippen LogP contribution in [0.15, 0.2) is 91.0 Å². The SMILES string of the molecule is CC(C)(C)C(=O)NCC(Cl)[Si](c1ccccc1)(c1ccccc1)c1ccccc1. The molecule has 1 amide bonds. The lowest BCUT2D eigenvalue weighted by Crippen LogP contribution is -2.74. The Labute approximate surface area is 179 Å². The third kappa shape index (κ3) is 4.47. The summed E-state index contributed by atoms with van der Waals surface area (Å²) in [6, 6.07) is 31.6. The number of hydrogen-bond donors (Lipinski definition) is 1. The fourth-order valence-corrected chi connectivity index (χ4v) is 9.61. The standard InChI is InChI=1S/C25H28ClNOSi/c1-25(2,3)24(28)27-19-23(26)29(20-13-7-4-8-14-20,21-15-9-5-10-16-21)22-17-11-6-12-18-22/h4-18,23H,19H2,1-3H3,(H,27,28). The number of halogens is 1. The molecular weight excluding hydrogens is 394 g/mol. The zero-order valence-corrected chi connectivity index (χ0v) is 19.0. The van der Waals surface area contributed by atoms with Gasteiger partial charge >= 0.3 is 0 Å². The van der Waals surface area contributed by atoms with Crippen LogP contribution in [-0.2, 0) is 4.79 Å². The number of amides is 1. The van der Waals surface area contributed by atoms with Crippen molar-refractivity contribution in [3.63, 3.8) is 0 Å². The summed E-state index contributed by atoms with van der Waals surface area (Å²) in [4.78, 5) is 12.6. The van der Waals surface area contributed by atoms with Crippen LogP contribution in [0.5, 0.6) is 0 Å². The zero-order chi connectivity index (χ0) is 20.9. The summed E-state index contributed by atoms with van der Waals surface area (Å²) in [7, 11) is -2.60. The Hall–Kier alpha value is -2.36. The fourth-order valence-electron chi connectivity index (χ4n) is 3.75. The summed E-state index contributed by atoms with van der Waals surface area (Å²) in [6.07, 6.45) is 0. The van der Waals surface area contributed by atoms with E-state index in [1.807, 2.05) is 39.0 Å². The molecule has 0 spiro atoms. The molecule has 1 unspecified atom stereocenters. The van der Waals surface area contributed by atoms with E-state index in [2.05, 4.69) is 78.1 Å². The van der Waals surface area contributed by atoms with Gasteiger partial charge in [-0.1, -0.05) is 112 Å². The third-order valence-corrected chi connectivity index (χ3v) is 11.3. The summed E-state index contributed by atoms with van der Waals surface area (Å²) < 4.78 is 0. The van der Waals surface area contributed by atoms with Crippen molar-refractivity contribution in [2.24, 2.45) is 5.41 Å². The second-order valence-corrected chi connectivity index (χ2v) is 13.3. The molecule has 0 heterocycles. The molecule has 4 heteroatoms. The first kappa shape index (κ1) is 21.3. The van der Waals surface area contributed by atoms with Crippen LogP contribution >= 0.6 is 11.6 Å². The van der Waals surface area contributed by atoms with Crippen LogP contribution in [0.3, 0.4) is 0 Å². The summed E-state index contributed by atoms with van der Waals surface area (Å²) >= 11 is 7.25. The average molecular weight is 422 g/mol. The molecule has 29 heavy (non-hydrogen) atoms. The van der Waals surface area contributed by atoms with Crippen LogP contribution in [0.2, 0.25) is 0 Å². The maximum atomic E-state index is 12.6. The molecule has 3 aromatic carbocycles. The highest BCUT2D eigenvalue weighted by molar-refractivity contribution is 7.15. The fraction of sp³-hybridized carbons (Fsp3) is 0.240. The minimum Gasteiger partial charge on any atom is -0.354 e. The van der Waals surface area contributed by atoms with Gasteiger partial charge in [-0.3, -0.25) is 4.79 Å². The van der Waals surface area contributed by atoms with Crippen molar-refractivity contribution >= 4 is 41.1 Å². The maximum absolute atomic E-state index is 12.6. The Bertz CT molecular complexity index is 827. The van der Waals surface area contributed by atoms with Gasteiger partial charge < -0.3 is 5.32 Å². The highest BCUT2D eigenvalue weighted by atomic mass is 35.5. The number of rotatable bonds is 6. The molecule has 0 bridgehead atoms. The largest absolute Gasteiger partial charge is 0.354 e. The molecule has 0 aliphatic rings. The van der Waals surface area contributed by atoms with Gasteiger partial charge in [-0.2, -0.15) is 0 Å². The van der Waals surface area contributed by atoms with Gasteiger partial charge in [-0.25, -0.2) is 0 Å². The van der Waals surface area contributed by atoms with Gasteiger partial charge in [0.1, 0.15) is 0 Å². The molecule has 0 fully saturated rings. The quantitative estimate of drug-likeness (QED) is 0.368. The minimum absolute atomic E-state index is 0.0141. The molecule has 1 atom stereocenters. The van der Waals surface area contributed by atoms with E-state index in [0.29, 0.717) is 6.54 Å². The van der Waals surface area contributed by atoms with E-state index in [1.54, 1.807) is 0 Å². The first-order valence-electron chi connectivity index (χ1n) is 9.95. The molecular formula is C25H28ClNOSi. The molecule has 0 aliphatic heterocycles. The third-order valence-electron chi connectivity index (χ3n) is 5.28. The van der Waals surface area contributed by atoms with Crippen molar-refractivity contribution in [3.8, 4) is 0 Å². The molecule has 150 valence electrons. The lowest BCUT2D eigenvalue weighted by Gasteiger charge is -2.38. The van der Waals surface area contributed by atoms with Crippen LogP contribution in [0.25, 0.3) is 0 Å². The maximum Gasteiger partial charge on any atom is 0.225 e. The summed E-state index contributed by atoms with van der Waals surface area (Å²) in [5, 5.41) is 6.57. The van der Waals surface area contributed by atoms with Gasteiger partial charge in [0, 0.05) is 12.0 Å². The van der Waals surface area contributed by atoms with E-state index in [-0.39, 0.29) is 10.9 Å². The monoisotopic (exact) mass is 421 g/mol. The second-order valence-electron chi connectivity index (χ2n) is 8.33. The highest BCUT2D eigenvalue weighted by Crippen LogP contribution is 2.18. The van der Waals surface area contributed by atoms with E-state index in [1.165, 1.54) is 15.6 Å². The minimum atomic E-state index is -2.60. The van der Waals surface area contributed by atoms with Gasteiger partial charge in [0.25, 0.3) is 0 Å². The number of nitrogens with one attached hydrogen (secondary N) is 1. The molecule has 0 aromatic heterocycles. The van der Waals surface area contributed by atoms with Crippen molar-refractivity contribution in [1.82, 2.24) is 5.32 Å². The van der Waals surface area contributed by atoms with Gasteiger partial charge in [0.15, 0.2) is 8.07 Å². The van der Waals surface area contributed by atoms with Gasteiger partial charge in [-0.05, 0) is 15.6 Å². The number of hydrogen-bond acceptors (Lipinski definition) is 1. The van der Waals surface area contributed by atoms with Gasteiger partial charge in [0.2, 0.25) is 5.91 Å². The van der Waals surface area contributed by atoms with E-state index in [9.17, 15) is 4.79 Å². The zero-order valence-electron chi connectivity index (χ0n) is 17.2. The summed E-state index contributed by atoms with van der Waals surface area (Å²) in [5.74, 6) is 0.0141. The number of alkyl halides is 1. The molecule has 0 saturated heterocycles. The lowest BCUT2D eigenvalue weighted by atomic mass is 9.96. The Morgan fingerprint density at radius 2 is 1.14 bits per heavy atom. The van der Waals surface area contributed by atoms with Crippen molar-refractivity contribution in [3.05, 3.63) is 91.0 Å². The van der Waals surface area contributed by atoms with Crippen LogP contribution in [0.4, 0.5) is 0 Å². The predicted molar refractivity (Wildman–Crippen MR) is 126 cm³/mol. The Morgan fingerprint density at radius 3 is 1.45 bits per heavy atom. The molecule has 2 nitrogen and oxygen atoms in total. The first-order chi connectivity index (χ1) is 13.9. The van der Waals surface area contributed by atoms with Crippen molar-refractivity contribution in [2.75, 3.05) is 6.54 Å². The van der Waals surface area contributed by atoms with Crippen molar-refractivity contribution in [1.29, 1.82) is 0 Å². The molecule has 3 aromatic rings. The predicted octanol–water partition coefficient (Wildman–Crippen LogP) is 3.47. The second kappa shape index (κ2) is 8.98. The number of carbonyl (C=O) groups is 1. The van der Waals surface area contributed by atoms with E-state index < -0.39 is 13.5 Å². The normalized spacial score (nSPS) is 13.0. The van der Waals surface area contributed by atoms with Crippen molar-refractivity contribution < 1.29 is 4.79 Å². The van der Waals surface area contributed by atoms with Crippen LogP contribution in [-0.4, -0.2) is 25.5 Å². The van der Waals surface area contributed by atoms with E-state index in [0.717, 1.165) is 0 Å². The van der Waals surface area contributed by atoms with E-state index in [4.69, 9.17) is 11.6 Å². The first-order valence-corrected chi connectivity index (χ1v) is 12.5. The van der Waals surface area contributed by atoms with Crippen LogP contribution in [0.1, 0.15) is 20.8 Å². The van der Waals surface area contributed by atoms with Gasteiger partial charge in [0.05, 0.1) is 5.00 Å². The number of benzene rings is 3. The Kier molecular flexibility index (Phi) is 6.61. The summed E-state index contributed by atoms with van der Waals surface area (Å²) in [6.45, 7) is 6.17. The highest BCUT2D eigenvalue weighted by Gasteiger charge is 2.46. The molecule has 0 saturated carbocycles. The van der Waals surface area contributed by atoms with Crippen LogP contribution < -0.4 is 20.9 Å². The van der Waals surface area contributed by atoms with Gasteiger partial charge in [-0.15, -0.1) is 11.6 Å². The topological polar surface area (TPSA) is 29.1 Å². The van der Waals surface area contributed by atoms with Crippen LogP contribution in [0, 0.1) is 5.41 Å². The lowest BCUT2D eigenvalue weighted by molar-refractivity contribution is -0.128.